The lowest BCUT2D eigenvalue weighted by Crippen LogP contribution is -2.50. The number of pyridine rings is 1. The topological polar surface area (TPSA) is 118 Å². The van der Waals surface area contributed by atoms with Crippen LogP contribution in [0, 0.1) is 12.7 Å². The molecule has 0 spiro atoms. The number of aromatic nitrogens is 4. The molecule has 1 saturated carbocycles. The van der Waals surface area contributed by atoms with Crippen molar-refractivity contribution >= 4 is 29.0 Å². The van der Waals surface area contributed by atoms with Crippen molar-refractivity contribution in [2.24, 2.45) is 0 Å². The number of imidazole rings is 1. The number of benzene rings is 1. The molecule has 1 saturated heterocycles. The summed E-state index contributed by atoms with van der Waals surface area (Å²) in [6.45, 7) is 9.39. The molecule has 2 atom stereocenters. The zero-order valence-electron chi connectivity index (χ0n) is 23.7. The molecule has 0 bridgehead atoms. The lowest BCUT2D eigenvalue weighted by Gasteiger charge is -2.36. The van der Waals surface area contributed by atoms with Crippen LogP contribution in [0.5, 0.6) is 0 Å². The van der Waals surface area contributed by atoms with E-state index in [1.165, 1.54) is 12.3 Å². The number of hydrogen-bond acceptors (Lipinski definition) is 8. The highest BCUT2D eigenvalue weighted by Gasteiger charge is 2.43. The third-order valence-corrected chi connectivity index (χ3v) is 7.35. The Hall–Kier alpha value is -4.55. The Kier molecular flexibility index (Phi) is 6.82. The summed E-state index contributed by atoms with van der Waals surface area (Å²) < 4.78 is 40.5. The van der Waals surface area contributed by atoms with Crippen molar-refractivity contribution in [3.63, 3.8) is 0 Å². The van der Waals surface area contributed by atoms with Crippen LogP contribution in [-0.4, -0.2) is 74.4 Å². The van der Waals surface area contributed by atoms with Gasteiger partial charge in [-0.25, -0.2) is 18.6 Å². The maximum absolute atomic E-state index is 14.8. The van der Waals surface area contributed by atoms with Gasteiger partial charge in [0.1, 0.15) is 28.9 Å². The zero-order valence-corrected chi connectivity index (χ0v) is 23.7. The molecule has 6 rings (SSSR count). The molecule has 1 aromatic carbocycles. The minimum Gasteiger partial charge on any atom is -0.444 e. The summed E-state index contributed by atoms with van der Waals surface area (Å²) >= 11 is 0. The maximum atomic E-state index is 14.8. The van der Waals surface area contributed by atoms with Crippen molar-refractivity contribution in [2.75, 3.05) is 36.4 Å². The van der Waals surface area contributed by atoms with E-state index in [9.17, 15) is 18.4 Å². The van der Waals surface area contributed by atoms with Crippen LogP contribution in [0.1, 0.15) is 55.1 Å². The fraction of sp³-hybridized carbons (Fsp3) is 0.414. The van der Waals surface area contributed by atoms with E-state index in [2.05, 4.69) is 25.3 Å². The monoisotopic (exact) mass is 579 g/mol. The Balaban J connectivity index is 1.15. The van der Waals surface area contributed by atoms with E-state index in [1.54, 1.807) is 28.5 Å². The number of piperazine rings is 1. The highest BCUT2D eigenvalue weighted by molar-refractivity contribution is 6.04. The standard InChI is InChI=1S/C29H31F2N7O4/c1-16-20(30)11-17(25-34-27(42-35-25)19-14-21(19)31)12-22(16)33-26(39)23-15-32-24-13-18(5-6-38(23)24)36-7-9-37(10-8-36)28(40)41-29(2,3)4/h5-6,11-13,15,19,21H,7-10,14H2,1-4H3,(H,33,39)/t19-,21-/m1/s1. The third-order valence-electron chi connectivity index (χ3n) is 7.35. The number of hydrogen-bond donors (Lipinski definition) is 1. The first kappa shape index (κ1) is 27.6. The number of fused-ring (bicyclic) bond motifs is 1. The van der Waals surface area contributed by atoms with E-state index in [4.69, 9.17) is 9.26 Å². The number of carbonyl (C=O) groups excluding carboxylic acids is 2. The van der Waals surface area contributed by atoms with Gasteiger partial charge in [-0.1, -0.05) is 5.16 Å². The van der Waals surface area contributed by atoms with Crippen molar-refractivity contribution in [3.05, 3.63) is 59.6 Å². The number of anilines is 2. The molecule has 1 N–H and O–H groups in total. The number of ether oxygens (including phenoxy) is 1. The molecule has 3 aromatic heterocycles. The number of carbonyl (C=O) groups is 2. The second kappa shape index (κ2) is 10.4. The van der Waals surface area contributed by atoms with Crippen LogP contribution < -0.4 is 10.2 Å². The Morgan fingerprint density at radius 1 is 1.14 bits per heavy atom. The lowest BCUT2D eigenvalue weighted by molar-refractivity contribution is 0.0240. The fourth-order valence-corrected chi connectivity index (χ4v) is 4.86. The Morgan fingerprint density at radius 3 is 2.57 bits per heavy atom. The van der Waals surface area contributed by atoms with Crippen molar-refractivity contribution in [1.29, 1.82) is 0 Å². The normalized spacial score (nSPS) is 18.8. The Morgan fingerprint density at radius 2 is 1.88 bits per heavy atom. The highest BCUT2D eigenvalue weighted by Crippen LogP contribution is 2.43. The molecule has 4 heterocycles. The molecule has 1 aliphatic heterocycles. The molecule has 2 amide bonds. The molecule has 220 valence electrons. The minimum atomic E-state index is -1.00. The Labute approximate surface area is 240 Å². The molecule has 11 nitrogen and oxygen atoms in total. The molecule has 2 aliphatic rings. The summed E-state index contributed by atoms with van der Waals surface area (Å²) in [5.41, 5.74) is 1.98. The fourth-order valence-electron chi connectivity index (χ4n) is 4.86. The van der Waals surface area contributed by atoms with E-state index in [-0.39, 0.29) is 34.8 Å². The van der Waals surface area contributed by atoms with Crippen molar-refractivity contribution in [1.82, 2.24) is 24.4 Å². The summed E-state index contributed by atoms with van der Waals surface area (Å²) in [7, 11) is 0. The molecule has 42 heavy (non-hydrogen) atoms. The second-order valence-corrected chi connectivity index (χ2v) is 11.6. The van der Waals surface area contributed by atoms with Gasteiger partial charge in [0, 0.05) is 60.9 Å². The van der Waals surface area contributed by atoms with Crippen LogP contribution in [0.25, 0.3) is 17.0 Å². The summed E-state index contributed by atoms with van der Waals surface area (Å²) in [5, 5.41) is 6.63. The lowest BCUT2D eigenvalue weighted by atomic mass is 10.1. The van der Waals surface area contributed by atoms with E-state index in [1.807, 2.05) is 32.9 Å². The second-order valence-electron chi connectivity index (χ2n) is 11.6. The zero-order chi connectivity index (χ0) is 29.8. The maximum Gasteiger partial charge on any atom is 0.410 e. The van der Waals surface area contributed by atoms with Gasteiger partial charge in [-0.05, 0) is 52.3 Å². The molecule has 2 fully saturated rings. The van der Waals surface area contributed by atoms with Crippen LogP contribution in [0.2, 0.25) is 0 Å². The van der Waals surface area contributed by atoms with Crippen LogP contribution >= 0.6 is 0 Å². The van der Waals surface area contributed by atoms with Crippen LogP contribution in [-0.2, 0) is 4.74 Å². The van der Waals surface area contributed by atoms with E-state index in [0.717, 1.165) is 5.69 Å². The van der Waals surface area contributed by atoms with Crippen LogP contribution in [0.4, 0.5) is 25.0 Å². The molecular weight excluding hydrogens is 548 g/mol. The number of nitrogens with one attached hydrogen (secondary N) is 1. The van der Waals surface area contributed by atoms with E-state index in [0.29, 0.717) is 43.8 Å². The molecule has 4 aromatic rings. The number of rotatable bonds is 5. The van der Waals surface area contributed by atoms with Crippen LogP contribution in [0.3, 0.4) is 0 Å². The molecule has 0 unspecified atom stereocenters. The SMILES string of the molecule is Cc1c(F)cc(-c2noc([C@@H]3C[C@H]3F)n2)cc1NC(=O)c1cnc2cc(N3CCN(C(=O)OC(C)(C)C)CC3)ccn12. The largest absolute Gasteiger partial charge is 0.444 e. The van der Waals surface area contributed by atoms with Gasteiger partial charge in [-0.2, -0.15) is 4.98 Å². The van der Waals surface area contributed by atoms with Gasteiger partial charge in [-0.15, -0.1) is 0 Å². The molecule has 1 aliphatic carbocycles. The van der Waals surface area contributed by atoms with Gasteiger partial charge in [0.15, 0.2) is 0 Å². The minimum absolute atomic E-state index is 0.118. The summed E-state index contributed by atoms with van der Waals surface area (Å²) in [6, 6.07) is 6.57. The molecule has 0 radical (unpaired) electrons. The quantitative estimate of drug-likeness (QED) is 0.352. The number of amides is 2. The average Bonchev–Trinajstić information content (AvgIpc) is 3.32. The summed E-state index contributed by atoms with van der Waals surface area (Å²) in [6.07, 6.45) is 2.22. The average molecular weight is 580 g/mol. The van der Waals surface area contributed by atoms with E-state index >= 15 is 0 Å². The van der Waals surface area contributed by atoms with Crippen molar-refractivity contribution in [2.45, 2.75) is 51.8 Å². The highest BCUT2D eigenvalue weighted by atomic mass is 19.1. The number of alkyl halides is 1. The van der Waals surface area contributed by atoms with Gasteiger partial charge < -0.3 is 24.4 Å². The predicted octanol–water partition coefficient (Wildman–Crippen LogP) is 4.97. The van der Waals surface area contributed by atoms with E-state index < -0.39 is 29.4 Å². The summed E-state index contributed by atoms with van der Waals surface area (Å²) in [4.78, 5) is 38.1. The molecular formula is C29H31F2N7O4. The Bertz CT molecular complexity index is 1670. The van der Waals surface area contributed by atoms with Crippen molar-refractivity contribution in [3.8, 4) is 11.4 Å². The summed E-state index contributed by atoms with van der Waals surface area (Å²) in [5.74, 6) is -1.16. The number of halogens is 2. The van der Waals surface area contributed by atoms with Gasteiger partial charge in [0.05, 0.1) is 12.1 Å². The van der Waals surface area contributed by atoms with Gasteiger partial charge in [-0.3, -0.25) is 9.20 Å². The van der Waals surface area contributed by atoms with Gasteiger partial charge in [0.25, 0.3) is 5.91 Å². The van der Waals surface area contributed by atoms with Crippen LogP contribution in [0.15, 0.2) is 41.2 Å². The van der Waals surface area contributed by atoms with Crippen molar-refractivity contribution < 1.29 is 27.6 Å². The molecule has 13 heteroatoms. The first-order chi connectivity index (χ1) is 20.0. The first-order valence-corrected chi connectivity index (χ1v) is 13.8. The first-order valence-electron chi connectivity index (χ1n) is 13.8. The van der Waals surface area contributed by atoms with Gasteiger partial charge in [0.2, 0.25) is 11.7 Å². The number of nitrogens with zero attached hydrogens (tertiary/aromatic N) is 6. The third kappa shape index (κ3) is 5.50. The smallest absolute Gasteiger partial charge is 0.410 e. The predicted molar refractivity (Wildman–Crippen MR) is 150 cm³/mol. The van der Waals surface area contributed by atoms with Gasteiger partial charge >= 0.3 is 6.09 Å².